The van der Waals surface area contributed by atoms with Gasteiger partial charge in [0.15, 0.2) is 11.3 Å². The average molecular weight is 513 g/mol. The fourth-order valence-electron chi connectivity index (χ4n) is 4.40. The van der Waals surface area contributed by atoms with E-state index in [0.717, 1.165) is 17.8 Å². The molecule has 0 atom stereocenters. The van der Waals surface area contributed by atoms with E-state index < -0.39 is 17.8 Å². The molecule has 3 heterocycles. The molecule has 4 aromatic rings. The summed E-state index contributed by atoms with van der Waals surface area (Å²) in [5.41, 5.74) is 0.156. The smallest absolute Gasteiger partial charge is 0.433 e. The molecular weight excluding hydrogens is 490 g/mol. The number of aromatic nitrogens is 3. The number of alkyl halides is 3. The molecule has 37 heavy (non-hydrogen) atoms. The van der Waals surface area contributed by atoms with Crippen LogP contribution in [-0.4, -0.2) is 63.6 Å². The van der Waals surface area contributed by atoms with E-state index in [9.17, 15) is 22.4 Å². The van der Waals surface area contributed by atoms with Gasteiger partial charge in [0.05, 0.1) is 19.0 Å². The third kappa shape index (κ3) is 5.12. The zero-order valence-electron chi connectivity index (χ0n) is 19.9. The lowest BCUT2D eigenvalue weighted by atomic mass is 10.1. The number of rotatable bonds is 5. The van der Waals surface area contributed by atoms with E-state index in [1.165, 1.54) is 19.2 Å². The molecule has 0 unspecified atom stereocenters. The second-order valence-corrected chi connectivity index (χ2v) is 8.74. The third-order valence-electron chi connectivity index (χ3n) is 6.33. The highest BCUT2D eigenvalue weighted by Crippen LogP contribution is 2.33. The Morgan fingerprint density at radius 1 is 1.03 bits per heavy atom. The minimum Gasteiger partial charge on any atom is -0.497 e. The first-order chi connectivity index (χ1) is 17.7. The van der Waals surface area contributed by atoms with Crippen molar-refractivity contribution in [2.75, 3.05) is 33.3 Å². The van der Waals surface area contributed by atoms with Gasteiger partial charge in [0, 0.05) is 38.3 Å². The van der Waals surface area contributed by atoms with Crippen LogP contribution in [0.3, 0.4) is 0 Å². The van der Waals surface area contributed by atoms with Gasteiger partial charge in [-0.25, -0.2) is 13.9 Å². The molecule has 1 aliphatic rings. The molecule has 192 valence electrons. The predicted octanol–water partition coefficient (Wildman–Crippen LogP) is 4.52. The van der Waals surface area contributed by atoms with Gasteiger partial charge in [-0.3, -0.25) is 9.69 Å². The van der Waals surface area contributed by atoms with Gasteiger partial charge in [-0.1, -0.05) is 12.1 Å². The van der Waals surface area contributed by atoms with Crippen molar-refractivity contribution in [2.24, 2.45) is 0 Å². The largest absolute Gasteiger partial charge is 0.497 e. The molecule has 0 aliphatic carbocycles. The number of carbonyl (C=O) groups is 1. The van der Waals surface area contributed by atoms with Crippen molar-refractivity contribution in [3.63, 3.8) is 0 Å². The topological polar surface area (TPSA) is 63.0 Å². The summed E-state index contributed by atoms with van der Waals surface area (Å²) in [5, 5.41) is 3.86. The van der Waals surface area contributed by atoms with Crippen LogP contribution in [0, 0.1) is 5.82 Å². The normalized spacial score (nSPS) is 14.8. The lowest BCUT2D eigenvalue weighted by Gasteiger charge is -2.34. The summed E-state index contributed by atoms with van der Waals surface area (Å²) in [6.07, 6.45) is -3.58. The molecule has 0 N–H and O–H groups in total. The Hall–Kier alpha value is -3.99. The molecule has 2 aromatic carbocycles. The number of ether oxygens (including phenoxy) is 1. The SMILES string of the molecule is COc1ccc(-c2cc(C(F)(F)F)n3ncc(C(=O)N4CCN(Cc5cccc(F)c5)CC4)c3n2)cc1. The number of nitrogens with zero attached hydrogens (tertiary/aromatic N) is 5. The van der Waals surface area contributed by atoms with E-state index in [-0.39, 0.29) is 22.7 Å². The summed E-state index contributed by atoms with van der Waals surface area (Å²) in [6, 6.07) is 13.7. The van der Waals surface area contributed by atoms with Crippen molar-refractivity contribution in [1.29, 1.82) is 0 Å². The second kappa shape index (κ2) is 9.81. The fraction of sp³-hybridized carbons (Fsp3) is 0.269. The molecule has 1 saturated heterocycles. The van der Waals surface area contributed by atoms with Crippen molar-refractivity contribution >= 4 is 11.6 Å². The highest BCUT2D eigenvalue weighted by atomic mass is 19.4. The van der Waals surface area contributed by atoms with Gasteiger partial charge in [-0.15, -0.1) is 0 Å². The van der Waals surface area contributed by atoms with E-state index in [2.05, 4.69) is 15.0 Å². The number of piperazine rings is 1. The molecule has 0 bridgehead atoms. The molecule has 5 rings (SSSR count). The van der Waals surface area contributed by atoms with Crippen molar-refractivity contribution < 1.29 is 27.1 Å². The Balaban J connectivity index is 1.41. The molecule has 1 amide bonds. The van der Waals surface area contributed by atoms with Crippen LogP contribution in [-0.2, 0) is 12.7 Å². The number of methoxy groups -OCH3 is 1. The summed E-state index contributed by atoms with van der Waals surface area (Å²) in [5.74, 6) is -0.190. The first-order valence-electron chi connectivity index (χ1n) is 11.6. The number of carbonyl (C=O) groups excluding carboxylic acids is 1. The van der Waals surface area contributed by atoms with E-state index in [0.29, 0.717) is 48.6 Å². The van der Waals surface area contributed by atoms with Crippen LogP contribution in [0.2, 0.25) is 0 Å². The van der Waals surface area contributed by atoms with Crippen LogP contribution in [0.15, 0.2) is 60.8 Å². The Kier molecular flexibility index (Phi) is 6.55. The van der Waals surface area contributed by atoms with Gasteiger partial charge >= 0.3 is 6.18 Å². The maximum Gasteiger partial charge on any atom is 0.433 e. The number of benzene rings is 2. The van der Waals surface area contributed by atoms with Gasteiger partial charge in [0.25, 0.3) is 5.91 Å². The highest BCUT2D eigenvalue weighted by Gasteiger charge is 2.36. The van der Waals surface area contributed by atoms with Gasteiger partial charge in [-0.05, 0) is 48.0 Å². The Morgan fingerprint density at radius 2 is 1.76 bits per heavy atom. The minimum absolute atomic E-state index is 0.000517. The number of hydrogen-bond donors (Lipinski definition) is 0. The first kappa shape index (κ1) is 24.7. The van der Waals surface area contributed by atoms with Gasteiger partial charge in [0.2, 0.25) is 0 Å². The zero-order valence-corrected chi connectivity index (χ0v) is 19.9. The first-order valence-corrected chi connectivity index (χ1v) is 11.6. The number of amides is 1. The number of halogens is 4. The van der Waals surface area contributed by atoms with Crippen molar-refractivity contribution in [3.8, 4) is 17.0 Å². The monoisotopic (exact) mass is 513 g/mol. The fourth-order valence-corrected chi connectivity index (χ4v) is 4.40. The second-order valence-electron chi connectivity index (χ2n) is 8.74. The van der Waals surface area contributed by atoms with E-state index in [1.54, 1.807) is 35.2 Å². The van der Waals surface area contributed by atoms with Crippen LogP contribution in [0.25, 0.3) is 16.9 Å². The Morgan fingerprint density at radius 3 is 2.41 bits per heavy atom. The molecule has 0 saturated carbocycles. The minimum atomic E-state index is -4.71. The van der Waals surface area contributed by atoms with Crippen LogP contribution in [0.1, 0.15) is 21.6 Å². The van der Waals surface area contributed by atoms with Crippen molar-refractivity contribution in [2.45, 2.75) is 12.7 Å². The lowest BCUT2D eigenvalue weighted by molar-refractivity contribution is -0.142. The van der Waals surface area contributed by atoms with Crippen molar-refractivity contribution in [3.05, 3.63) is 83.4 Å². The maximum atomic E-state index is 13.9. The van der Waals surface area contributed by atoms with E-state index in [4.69, 9.17) is 4.74 Å². The number of fused-ring (bicyclic) bond motifs is 1. The standard InChI is InChI=1S/C26H23F4N5O2/c1-37-20-7-5-18(6-8-20)22-14-23(26(28,29)30)35-24(32-22)21(15-31-35)25(36)34-11-9-33(10-12-34)16-17-3-2-4-19(27)13-17/h2-8,13-15H,9-12,16H2,1H3. The average Bonchev–Trinajstić information content (AvgIpc) is 3.31. The van der Waals surface area contributed by atoms with Gasteiger partial charge in [-0.2, -0.15) is 18.3 Å². The van der Waals surface area contributed by atoms with Gasteiger partial charge in [0.1, 0.15) is 17.1 Å². The molecule has 1 fully saturated rings. The zero-order chi connectivity index (χ0) is 26.2. The summed E-state index contributed by atoms with van der Waals surface area (Å²) < 4.78 is 61.0. The quantitative estimate of drug-likeness (QED) is 0.367. The van der Waals surface area contributed by atoms with Crippen LogP contribution in [0.4, 0.5) is 17.6 Å². The Labute approximate surface area is 209 Å². The number of hydrogen-bond acceptors (Lipinski definition) is 5. The third-order valence-corrected chi connectivity index (χ3v) is 6.33. The lowest BCUT2D eigenvalue weighted by Crippen LogP contribution is -2.48. The van der Waals surface area contributed by atoms with Crippen LogP contribution < -0.4 is 4.74 Å². The Bertz CT molecular complexity index is 1430. The highest BCUT2D eigenvalue weighted by molar-refractivity contribution is 6.00. The molecule has 0 radical (unpaired) electrons. The van der Waals surface area contributed by atoms with Crippen LogP contribution in [0.5, 0.6) is 5.75 Å². The molecule has 0 spiro atoms. The predicted molar refractivity (Wildman–Crippen MR) is 128 cm³/mol. The molecular formula is C26H23F4N5O2. The summed E-state index contributed by atoms with van der Waals surface area (Å²) in [6.45, 7) is 2.36. The van der Waals surface area contributed by atoms with Crippen LogP contribution >= 0.6 is 0 Å². The molecule has 2 aromatic heterocycles. The summed E-state index contributed by atoms with van der Waals surface area (Å²) in [4.78, 5) is 21.4. The maximum absolute atomic E-state index is 13.9. The molecule has 7 nitrogen and oxygen atoms in total. The van der Waals surface area contributed by atoms with Gasteiger partial charge < -0.3 is 9.64 Å². The molecule has 11 heteroatoms. The van der Waals surface area contributed by atoms with Crippen molar-refractivity contribution in [1.82, 2.24) is 24.4 Å². The molecule has 1 aliphatic heterocycles. The summed E-state index contributed by atoms with van der Waals surface area (Å²) >= 11 is 0. The summed E-state index contributed by atoms with van der Waals surface area (Å²) in [7, 11) is 1.49. The van der Waals surface area contributed by atoms with E-state index in [1.807, 2.05) is 6.07 Å². The van der Waals surface area contributed by atoms with E-state index >= 15 is 0 Å².